The van der Waals surface area contributed by atoms with Crippen LogP contribution in [0.15, 0.2) is 30.7 Å². The van der Waals surface area contributed by atoms with Crippen LogP contribution >= 0.6 is 0 Å². The van der Waals surface area contributed by atoms with Gasteiger partial charge in [-0.05, 0) is 32.0 Å². The lowest BCUT2D eigenvalue weighted by atomic mass is 9.81. The molecule has 2 aromatic heterocycles. The molecule has 5 heteroatoms. The summed E-state index contributed by atoms with van der Waals surface area (Å²) in [6, 6.07) is 4.56. The van der Waals surface area contributed by atoms with Gasteiger partial charge in [0.15, 0.2) is 5.78 Å². The first-order valence-electron chi connectivity index (χ1n) is 7.49. The van der Waals surface area contributed by atoms with Crippen LogP contribution in [0, 0.1) is 5.92 Å². The van der Waals surface area contributed by atoms with Crippen LogP contribution in [0.3, 0.4) is 0 Å². The second-order valence-electron chi connectivity index (χ2n) is 6.15. The molecule has 2 bridgehead atoms. The Balaban J connectivity index is 1.59. The summed E-state index contributed by atoms with van der Waals surface area (Å²) in [5.41, 5.74) is 1.66. The lowest BCUT2D eigenvalue weighted by Gasteiger charge is -2.46. The molecule has 4 rings (SSSR count). The minimum Gasteiger partial charge on any atom is -0.378 e. The molecular weight excluding hydrogens is 266 g/mol. The Hall–Kier alpha value is -1.72. The number of rotatable bonds is 2. The van der Waals surface area contributed by atoms with E-state index in [4.69, 9.17) is 4.74 Å². The van der Waals surface area contributed by atoms with Gasteiger partial charge in [-0.15, -0.1) is 0 Å². The van der Waals surface area contributed by atoms with Gasteiger partial charge in [0.2, 0.25) is 0 Å². The fraction of sp³-hybridized carbons (Fsp3) is 0.500. The van der Waals surface area contributed by atoms with Crippen molar-refractivity contribution in [2.75, 3.05) is 20.3 Å². The van der Waals surface area contributed by atoms with Crippen molar-refractivity contribution in [1.29, 1.82) is 0 Å². The minimum atomic E-state index is 0.112. The van der Waals surface area contributed by atoms with Crippen LogP contribution in [-0.2, 0) is 4.74 Å². The van der Waals surface area contributed by atoms with E-state index in [9.17, 15) is 4.79 Å². The number of morpholine rings is 1. The van der Waals surface area contributed by atoms with Gasteiger partial charge in [-0.1, -0.05) is 0 Å². The maximum Gasteiger partial charge on any atom is 0.167 e. The van der Waals surface area contributed by atoms with Gasteiger partial charge >= 0.3 is 0 Å². The first-order chi connectivity index (χ1) is 10.2. The number of hydrogen-bond donors (Lipinski definition) is 0. The molecule has 4 heterocycles. The molecule has 0 N–H and O–H groups in total. The van der Waals surface area contributed by atoms with Crippen molar-refractivity contribution >= 4 is 11.4 Å². The Morgan fingerprint density at radius 2 is 2.05 bits per heavy atom. The highest BCUT2D eigenvalue weighted by Crippen LogP contribution is 2.32. The van der Waals surface area contributed by atoms with E-state index in [1.807, 2.05) is 28.9 Å². The summed E-state index contributed by atoms with van der Waals surface area (Å²) >= 11 is 0. The Bertz CT molecular complexity index is 667. The number of ether oxygens (including phenoxy) is 1. The van der Waals surface area contributed by atoms with Crippen molar-refractivity contribution in [3.63, 3.8) is 0 Å². The molecular formula is C16H19N3O2. The van der Waals surface area contributed by atoms with E-state index in [2.05, 4.69) is 16.9 Å². The number of ketones is 1. The first-order valence-corrected chi connectivity index (χ1v) is 7.49. The van der Waals surface area contributed by atoms with Gasteiger partial charge in [0.25, 0.3) is 0 Å². The van der Waals surface area contributed by atoms with Gasteiger partial charge in [0.1, 0.15) is 5.65 Å². The van der Waals surface area contributed by atoms with Crippen LogP contribution in [0.2, 0.25) is 0 Å². The number of hydrogen-bond acceptors (Lipinski definition) is 4. The molecule has 0 spiro atoms. The molecule has 0 saturated carbocycles. The van der Waals surface area contributed by atoms with Crippen LogP contribution < -0.4 is 0 Å². The van der Waals surface area contributed by atoms with Gasteiger partial charge in [0, 0.05) is 42.2 Å². The molecule has 0 aliphatic carbocycles. The first kappa shape index (κ1) is 13.0. The minimum absolute atomic E-state index is 0.112. The Morgan fingerprint density at radius 3 is 2.81 bits per heavy atom. The zero-order valence-electron chi connectivity index (χ0n) is 12.1. The SMILES string of the molecule is CN1C2COCC1CC(C(=O)c1ccc3nccn3c1)C2. The lowest BCUT2D eigenvalue weighted by molar-refractivity contribution is -0.0702. The molecule has 0 amide bonds. The molecule has 0 aromatic carbocycles. The number of carbonyl (C=O) groups excluding carboxylic acids is 1. The third kappa shape index (κ3) is 2.17. The van der Waals surface area contributed by atoms with E-state index in [1.165, 1.54) is 0 Å². The summed E-state index contributed by atoms with van der Waals surface area (Å²) in [6.45, 7) is 1.49. The number of likely N-dealkylation sites (N-methyl/N-ethyl adjacent to an activating group) is 1. The molecule has 21 heavy (non-hydrogen) atoms. The summed E-state index contributed by atoms with van der Waals surface area (Å²) in [6.07, 6.45) is 7.32. The molecule has 2 aliphatic rings. The highest BCUT2D eigenvalue weighted by Gasteiger charge is 2.39. The summed E-state index contributed by atoms with van der Waals surface area (Å²) < 4.78 is 7.53. The van der Waals surface area contributed by atoms with Gasteiger partial charge in [-0.3, -0.25) is 9.69 Å². The average Bonchev–Trinajstić information content (AvgIpc) is 2.93. The van der Waals surface area contributed by atoms with E-state index in [0.717, 1.165) is 37.3 Å². The van der Waals surface area contributed by atoms with Crippen molar-refractivity contribution in [3.05, 3.63) is 36.3 Å². The third-order valence-electron chi connectivity index (χ3n) is 4.93. The molecule has 2 saturated heterocycles. The second-order valence-corrected chi connectivity index (χ2v) is 6.15. The van der Waals surface area contributed by atoms with E-state index in [1.54, 1.807) is 6.20 Å². The van der Waals surface area contributed by atoms with Crippen molar-refractivity contribution < 1.29 is 9.53 Å². The molecule has 5 nitrogen and oxygen atoms in total. The van der Waals surface area contributed by atoms with E-state index >= 15 is 0 Å². The van der Waals surface area contributed by atoms with Gasteiger partial charge < -0.3 is 9.14 Å². The maximum absolute atomic E-state index is 12.8. The van der Waals surface area contributed by atoms with E-state index in [-0.39, 0.29) is 11.7 Å². The summed E-state index contributed by atoms with van der Waals surface area (Å²) in [5, 5.41) is 0. The highest BCUT2D eigenvalue weighted by atomic mass is 16.5. The van der Waals surface area contributed by atoms with Crippen molar-refractivity contribution in [3.8, 4) is 0 Å². The predicted octanol–water partition coefficient (Wildman–Crippen LogP) is 1.63. The van der Waals surface area contributed by atoms with E-state index in [0.29, 0.717) is 12.1 Å². The van der Waals surface area contributed by atoms with Gasteiger partial charge in [-0.2, -0.15) is 0 Å². The molecule has 2 unspecified atom stereocenters. The number of fused-ring (bicyclic) bond motifs is 3. The molecule has 0 radical (unpaired) electrons. The smallest absolute Gasteiger partial charge is 0.167 e. The number of carbonyl (C=O) groups is 1. The molecule has 110 valence electrons. The van der Waals surface area contributed by atoms with Gasteiger partial charge in [0.05, 0.1) is 13.2 Å². The number of aromatic nitrogens is 2. The standard InChI is InChI=1S/C16H19N3O2/c1-18-13-6-12(7-14(18)10-21-9-13)16(20)11-2-3-15-17-4-5-19(15)8-11/h2-5,8,12-14H,6-7,9-10H2,1H3. The molecule has 2 aliphatic heterocycles. The monoisotopic (exact) mass is 285 g/mol. The van der Waals surface area contributed by atoms with Crippen LogP contribution in [0.5, 0.6) is 0 Å². The fourth-order valence-corrected chi connectivity index (χ4v) is 3.61. The topological polar surface area (TPSA) is 46.8 Å². The van der Waals surface area contributed by atoms with Crippen molar-refractivity contribution in [2.45, 2.75) is 24.9 Å². The highest BCUT2D eigenvalue weighted by molar-refractivity contribution is 5.98. The predicted molar refractivity (Wildman–Crippen MR) is 78.4 cm³/mol. The molecule has 2 atom stereocenters. The number of nitrogens with zero attached hydrogens (tertiary/aromatic N) is 3. The number of piperidine rings is 1. The second kappa shape index (κ2) is 4.93. The number of imidazole rings is 1. The van der Waals surface area contributed by atoms with Crippen LogP contribution in [-0.4, -0.2) is 52.4 Å². The Labute approximate surface area is 123 Å². The number of pyridine rings is 1. The van der Waals surface area contributed by atoms with Crippen LogP contribution in [0.1, 0.15) is 23.2 Å². The Kier molecular flexibility index (Phi) is 3.05. The summed E-state index contributed by atoms with van der Waals surface area (Å²) in [5.74, 6) is 0.372. The quantitative estimate of drug-likeness (QED) is 0.787. The molecule has 2 aromatic rings. The molecule has 2 fully saturated rings. The Morgan fingerprint density at radius 1 is 1.29 bits per heavy atom. The summed E-state index contributed by atoms with van der Waals surface area (Å²) in [7, 11) is 2.15. The average molecular weight is 285 g/mol. The normalized spacial score (nSPS) is 29.7. The van der Waals surface area contributed by atoms with Gasteiger partial charge in [-0.25, -0.2) is 4.98 Å². The third-order valence-corrected chi connectivity index (χ3v) is 4.93. The summed E-state index contributed by atoms with van der Waals surface area (Å²) in [4.78, 5) is 19.4. The number of Topliss-reactive ketones (excluding diaryl/α,β-unsaturated/α-hetero) is 1. The van der Waals surface area contributed by atoms with Crippen LogP contribution in [0.25, 0.3) is 5.65 Å². The van der Waals surface area contributed by atoms with Crippen molar-refractivity contribution in [2.24, 2.45) is 5.92 Å². The zero-order chi connectivity index (χ0) is 14.4. The van der Waals surface area contributed by atoms with Crippen LogP contribution in [0.4, 0.5) is 0 Å². The zero-order valence-corrected chi connectivity index (χ0v) is 12.1. The van der Waals surface area contributed by atoms with E-state index < -0.39 is 0 Å². The largest absolute Gasteiger partial charge is 0.378 e. The fourth-order valence-electron chi connectivity index (χ4n) is 3.61. The maximum atomic E-state index is 12.8. The lowest BCUT2D eigenvalue weighted by Crippen LogP contribution is -2.55. The van der Waals surface area contributed by atoms with Crippen molar-refractivity contribution in [1.82, 2.24) is 14.3 Å².